The highest BCUT2D eigenvalue weighted by atomic mass is 16.3. The van der Waals surface area contributed by atoms with Gasteiger partial charge in [-0.25, -0.2) is 0 Å². The fourth-order valence-electron chi connectivity index (χ4n) is 2.60. The van der Waals surface area contributed by atoms with Crippen molar-refractivity contribution in [3.8, 4) is 0 Å². The molecule has 0 aromatic carbocycles. The number of likely N-dealkylation sites (N-methyl/N-ethyl adjacent to an activating group) is 1. The van der Waals surface area contributed by atoms with Crippen LogP contribution in [0.2, 0.25) is 0 Å². The fraction of sp³-hybridized carbons (Fsp3) is 0.938. The van der Waals surface area contributed by atoms with Gasteiger partial charge in [0.15, 0.2) is 5.78 Å². The van der Waals surface area contributed by atoms with Crippen LogP contribution in [0, 0.1) is 5.92 Å². The van der Waals surface area contributed by atoms with E-state index in [0.717, 1.165) is 32.1 Å². The molecule has 0 rings (SSSR count). The minimum Gasteiger partial charge on any atom is -0.388 e. The summed E-state index contributed by atoms with van der Waals surface area (Å²) in [4.78, 5) is 12.6. The first-order chi connectivity index (χ1) is 8.88. The number of unbranched alkanes of at least 4 members (excludes halogenated alkanes) is 3. The van der Waals surface area contributed by atoms with Crippen LogP contribution in [-0.2, 0) is 4.79 Å². The molecular formula is C16H33NO2. The second-order valence-electron chi connectivity index (χ2n) is 6.11. The van der Waals surface area contributed by atoms with Gasteiger partial charge in [-0.2, -0.15) is 0 Å². The Hall–Kier alpha value is -0.410. The molecule has 0 aliphatic heterocycles. The van der Waals surface area contributed by atoms with E-state index < -0.39 is 11.6 Å². The van der Waals surface area contributed by atoms with E-state index in [1.807, 2.05) is 0 Å². The molecule has 0 aliphatic rings. The Morgan fingerprint density at radius 1 is 1.11 bits per heavy atom. The maximum Gasteiger partial charge on any atom is 0.155 e. The minimum atomic E-state index is -0.999. The van der Waals surface area contributed by atoms with Crippen LogP contribution in [-0.4, -0.2) is 29.6 Å². The lowest BCUT2D eigenvalue weighted by molar-refractivity contribution is -0.130. The summed E-state index contributed by atoms with van der Waals surface area (Å²) in [6.45, 7) is 7.74. The second kappa shape index (κ2) is 9.49. The molecule has 2 atom stereocenters. The summed E-state index contributed by atoms with van der Waals surface area (Å²) in [7, 11) is 1.75. The normalized spacial score (nSPS) is 15.3. The maximum atomic E-state index is 12.6. The lowest BCUT2D eigenvalue weighted by atomic mass is 9.83. The Kier molecular flexibility index (Phi) is 9.28. The standard InChI is InChI=1S/C16H33NO2/c1-6-8-10-12-13(11-9-7-2)14(18)15(17-5)16(3,4)19/h13,15,17,19H,6-12H2,1-5H3/t13?,15-/m1/s1. The van der Waals surface area contributed by atoms with Gasteiger partial charge in [0.05, 0.1) is 11.6 Å². The van der Waals surface area contributed by atoms with Gasteiger partial charge in [-0.1, -0.05) is 46.0 Å². The summed E-state index contributed by atoms with van der Waals surface area (Å²) in [5, 5.41) is 13.1. The summed E-state index contributed by atoms with van der Waals surface area (Å²) in [5.41, 5.74) is -0.999. The maximum absolute atomic E-state index is 12.6. The minimum absolute atomic E-state index is 0.0929. The summed E-state index contributed by atoms with van der Waals surface area (Å²) in [5.74, 6) is 0.273. The van der Waals surface area contributed by atoms with E-state index in [9.17, 15) is 9.90 Å². The molecule has 0 saturated heterocycles. The van der Waals surface area contributed by atoms with Gasteiger partial charge in [0, 0.05) is 5.92 Å². The SMILES string of the molecule is CCCCCC(CCCC)C(=O)[C@@H](NC)C(C)(C)O. The highest BCUT2D eigenvalue weighted by Gasteiger charge is 2.35. The number of carbonyl (C=O) groups is 1. The Labute approximate surface area is 119 Å². The zero-order valence-corrected chi connectivity index (χ0v) is 13.5. The summed E-state index contributed by atoms with van der Waals surface area (Å²) in [6.07, 6.45) is 7.58. The van der Waals surface area contributed by atoms with Crippen LogP contribution in [0.4, 0.5) is 0 Å². The van der Waals surface area contributed by atoms with Gasteiger partial charge in [-0.15, -0.1) is 0 Å². The van der Waals surface area contributed by atoms with Gasteiger partial charge in [0.2, 0.25) is 0 Å². The van der Waals surface area contributed by atoms with Crippen LogP contribution in [0.3, 0.4) is 0 Å². The Bertz CT molecular complexity index is 246. The molecule has 114 valence electrons. The van der Waals surface area contributed by atoms with Crippen LogP contribution in [0.5, 0.6) is 0 Å². The summed E-state index contributed by atoms with van der Waals surface area (Å²) >= 11 is 0. The molecule has 0 aliphatic carbocycles. The number of ketones is 1. The number of hydrogen-bond acceptors (Lipinski definition) is 3. The van der Waals surface area contributed by atoms with Crippen molar-refractivity contribution in [2.24, 2.45) is 5.92 Å². The number of hydrogen-bond donors (Lipinski definition) is 2. The molecule has 0 bridgehead atoms. The van der Waals surface area contributed by atoms with Gasteiger partial charge in [-0.05, 0) is 33.7 Å². The number of carbonyl (C=O) groups excluding carboxylic acids is 1. The van der Waals surface area contributed by atoms with Crippen molar-refractivity contribution in [1.29, 1.82) is 0 Å². The second-order valence-corrected chi connectivity index (χ2v) is 6.11. The highest BCUT2D eigenvalue weighted by molar-refractivity contribution is 5.87. The van der Waals surface area contributed by atoms with Gasteiger partial charge in [0.1, 0.15) is 0 Å². The molecule has 0 aromatic rings. The molecule has 1 unspecified atom stereocenters. The Balaban J connectivity index is 4.66. The third kappa shape index (κ3) is 7.07. The van der Waals surface area contributed by atoms with Crippen molar-refractivity contribution in [1.82, 2.24) is 5.32 Å². The van der Waals surface area contributed by atoms with Crippen molar-refractivity contribution in [3.05, 3.63) is 0 Å². The average Bonchev–Trinajstić information content (AvgIpc) is 2.32. The van der Waals surface area contributed by atoms with E-state index in [4.69, 9.17) is 0 Å². The van der Waals surface area contributed by atoms with Crippen LogP contribution >= 0.6 is 0 Å². The molecule has 0 fully saturated rings. The lowest BCUT2D eigenvalue weighted by Gasteiger charge is -2.31. The molecule has 3 nitrogen and oxygen atoms in total. The molecule has 19 heavy (non-hydrogen) atoms. The average molecular weight is 271 g/mol. The molecule has 0 spiro atoms. The largest absolute Gasteiger partial charge is 0.388 e. The number of Topliss-reactive ketones (excluding diaryl/α,β-unsaturated/α-hetero) is 1. The molecule has 0 aromatic heterocycles. The molecule has 0 heterocycles. The van der Waals surface area contributed by atoms with Crippen molar-refractivity contribution in [2.45, 2.75) is 84.3 Å². The molecule has 0 saturated carbocycles. The molecule has 2 N–H and O–H groups in total. The number of nitrogens with one attached hydrogen (secondary N) is 1. The topological polar surface area (TPSA) is 49.3 Å². The zero-order chi connectivity index (χ0) is 14.9. The smallest absolute Gasteiger partial charge is 0.155 e. The molecule has 0 radical (unpaired) electrons. The molecule has 0 amide bonds. The quantitative estimate of drug-likeness (QED) is 0.567. The van der Waals surface area contributed by atoms with Gasteiger partial charge in [0.25, 0.3) is 0 Å². The van der Waals surface area contributed by atoms with Crippen LogP contribution in [0.25, 0.3) is 0 Å². The lowest BCUT2D eigenvalue weighted by Crippen LogP contribution is -2.52. The number of aliphatic hydroxyl groups is 1. The van der Waals surface area contributed by atoms with E-state index in [1.54, 1.807) is 20.9 Å². The van der Waals surface area contributed by atoms with Crippen LogP contribution in [0.15, 0.2) is 0 Å². The van der Waals surface area contributed by atoms with E-state index in [0.29, 0.717) is 0 Å². The van der Waals surface area contributed by atoms with Crippen LogP contribution < -0.4 is 5.32 Å². The molecular weight excluding hydrogens is 238 g/mol. The zero-order valence-electron chi connectivity index (χ0n) is 13.5. The third-order valence-electron chi connectivity index (χ3n) is 3.74. The van der Waals surface area contributed by atoms with Crippen molar-refractivity contribution >= 4 is 5.78 Å². The van der Waals surface area contributed by atoms with Gasteiger partial charge >= 0.3 is 0 Å². The highest BCUT2D eigenvalue weighted by Crippen LogP contribution is 2.23. The fourth-order valence-corrected chi connectivity index (χ4v) is 2.60. The first-order valence-electron chi connectivity index (χ1n) is 7.81. The van der Waals surface area contributed by atoms with Crippen molar-refractivity contribution < 1.29 is 9.90 Å². The van der Waals surface area contributed by atoms with E-state index in [1.165, 1.54) is 12.8 Å². The van der Waals surface area contributed by atoms with Gasteiger partial charge in [-0.3, -0.25) is 4.79 Å². The van der Waals surface area contributed by atoms with Crippen LogP contribution in [0.1, 0.15) is 72.6 Å². The van der Waals surface area contributed by atoms with Crippen molar-refractivity contribution in [3.63, 3.8) is 0 Å². The summed E-state index contributed by atoms with van der Waals surface area (Å²) in [6, 6.07) is -0.462. The number of rotatable bonds is 11. The van der Waals surface area contributed by atoms with Crippen molar-refractivity contribution in [2.75, 3.05) is 7.05 Å². The monoisotopic (exact) mass is 271 g/mol. The predicted molar refractivity (Wildman–Crippen MR) is 81.3 cm³/mol. The predicted octanol–water partition coefficient (Wildman–Crippen LogP) is 3.30. The van der Waals surface area contributed by atoms with E-state index >= 15 is 0 Å². The van der Waals surface area contributed by atoms with E-state index in [-0.39, 0.29) is 11.7 Å². The first kappa shape index (κ1) is 18.6. The first-order valence-corrected chi connectivity index (χ1v) is 7.81. The molecule has 3 heteroatoms. The summed E-state index contributed by atoms with van der Waals surface area (Å²) < 4.78 is 0. The van der Waals surface area contributed by atoms with E-state index in [2.05, 4.69) is 19.2 Å². The Morgan fingerprint density at radius 3 is 2.05 bits per heavy atom. The van der Waals surface area contributed by atoms with Gasteiger partial charge < -0.3 is 10.4 Å². The Morgan fingerprint density at radius 2 is 1.63 bits per heavy atom. The third-order valence-corrected chi connectivity index (χ3v) is 3.74.